The zero-order valence-electron chi connectivity index (χ0n) is 30.5. The maximum Gasteiger partial charge on any atom is 0.471 e. The van der Waals surface area contributed by atoms with E-state index in [1.807, 2.05) is 110 Å². The van der Waals surface area contributed by atoms with Crippen molar-refractivity contribution in [2.24, 2.45) is 0 Å². The van der Waals surface area contributed by atoms with Gasteiger partial charge in [0.1, 0.15) is 12.4 Å². The summed E-state index contributed by atoms with van der Waals surface area (Å²) in [6.07, 6.45) is -4.08. The molecule has 0 N–H and O–H groups in total. The molecular weight excluding hydrogens is 714 g/mol. The third-order valence-corrected chi connectivity index (χ3v) is 10.2. The minimum absolute atomic E-state index is 0.0480. The van der Waals surface area contributed by atoms with Gasteiger partial charge in [-0.1, -0.05) is 146 Å². The number of amides is 1. The van der Waals surface area contributed by atoms with Crippen LogP contribution in [0.3, 0.4) is 0 Å². The van der Waals surface area contributed by atoms with Gasteiger partial charge in [0, 0.05) is 35.9 Å². The second-order valence-electron chi connectivity index (χ2n) is 13.6. The van der Waals surface area contributed by atoms with Crippen LogP contribution in [0.25, 0.3) is 22.5 Å². The van der Waals surface area contributed by atoms with Gasteiger partial charge in [0.05, 0.1) is 12.2 Å². The number of aryl methyl sites for hydroxylation is 1. The van der Waals surface area contributed by atoms with Gasteiger partial charge in [0.2, 0.25) is 5.82 Å². The molecule has 8 nitrogen and oxygen atoms in total. The lowest BCUT2D eigenvalue weighted by atomic mass is 9.77. The van der Waals surface area contributed by atoms with Crippen LogP contribution in [0, 0.1) is 0 Å². The smallest absolute Gasteiger partial charge is 0.471 e. The van der Waals surface area contributed by atoms with Crippen molar-refractivity contribution in [1.82, 2.24) is 30.1 Å². The van der Waals surface area contributed by atoms with Crippen LogP contribution >= 0.6 is 0 Å². The predicted octanol–water partition coefficient (Wildman–Crippen LogP) is 8.83. The number of fused-ring (bicyclic) bond motifs is 1. The van der Waals surface area contributed by atoms with Crippen LogP contribution in [0.15, 0.2) is 146 Å². The van der Waals surface area contributed by atoms with E-state index in [1.54, 1.807) is 10.9 Å². The molecule has 0 atom stereocenters. The Kier molecular flexibility index (Phi) is 9.90. The van der Waals surface area contributed by atoms with Crippen LogP contribution in [-0.2, 0) is 36.3 Å². The van der Waals surface area contributed by atoms with Crippen LogP contribution in [0.5, 0.6) is 5.75 Å². The molecule has 8 rings (SSSR count). The van der Waals surface area contributed by atoms with Crippen molar-refractivity contribution in [1.29, 1.82) is 0 Å². The van der Waals surface area contributed by atoms with Crippen LogP contribution in [-0.4, -0.2) is 48.7 Å². The number of nitrogens with zero attached hydrogens (tertiary/aromatic N) is 6. The van der Waals surface area contributed by atoms with Gasteiger partial charge in [-0.05, 0) is 45.0 Å². The summed E-state index contributed by atoms with van der Waals surface area (Å²) in [5, 5.41) is 14.5. The first-order chi connectivity index (χ1) is 27.3. The number of carbonyl (C=O) groups is 1. The number of hydrogen-bond acceptors (Lipinski definition) is 6. The van der Waals surface area contributed by atoms with Gasteiger partial charge in [-0.25, -0.2) is 0 Å². The third-order valence-electron chi connectivity index (χ3n) is 10.2. The van der Waals surface area contributed by atoms with Gasteiger partial charge in [0.25, 0.3) is 0 Å². The molecule has 7 aromatic rings. The van der Waals surface area contributed by atoms with Crippen LogP contribution in [0.1, 0.15) is 46.1 Å². The summed E-state index contributed by atoms with van der Waals surface area (Å²) in [7, 11) is 0. The molecule has 1 aliphatic rings. The minimum atomic E-state index is -4.95. The highest BCUT2D eigenvalue weighted by atomic mass is 19.4. The maximum atomic E-state index is 13.3. The lowest BCUT2D eigenvalue weighted by molar-refractivity contribution is -0.186. The molecule has 0 fully saturated rings. The van der Waals surface area contributed by atoms with E-state index in [-0.39, 0.29) is 26.1 Å². The van der Waals surface area contributed by atoms with Gasteiger partial charge in [-0.15, -0.1) is 15.0 Å². The molecule has 0 saturated carbocycles. The third kappa shape index (κ3) is 6.92. The van der Waals surface area contributed by atoms with Crippen molar-refractivity contribution in [3.63, 3.8) is 0 Å². The SMILES string of the molecule is CCc1cc(OCc2ccc(-c3ccccc3-c3nnn(C(c4ccccc4)(c4ccccc4)c4ccccc4)n3)cc2)c2c(n1)CCN(C(=O)C(F)(F)F)C2. The molecule has 0 spiro atoms. The number of halogens is 3. The molecule has 1 amide bonds. The van der Waals surface area contributed by atoms with Gasteiger partial charge < -0.3 is 9.64 Å². The van der Waals surface area contributed by atoms with Gasteiger partial charge >= 0.3 is 12.1 Å². The molecule has 11 heteroatoms. The Hall–Kier alpha value is -6.62. The first-order valence-corrected chi connectivity index (χ1v) is 18.4. The predicted molar refractivity (Wildman–Crippen MR) is 206 cm³/mol. The molecule has 0 aliphatic carbocycles. The molecule has 2 aromatic heterocycles. The van der Waals surface area contributed by atoms with Crippen molar-refractivity contribution < 1.29 is 22.7 Å². The lowest BCUT2D eigenvalue weighted by Gasteiger charge is -2.34. The van der Waals surface area contributed by atoms with Gasteiger partial charge in [0.15, 0.2) is 5.54 Å². The Morgan fingerprint density at radius 1 is 0.750 bits per heavy atom. The number of benzene rings is 5. The number of aromatic nitrogens is 5. The maximum absolute atomic E-state index is 13.3. The van der Waals surface area contributed by atoms with Crippen LogP contribution in [0.2, 0.25) is 0 Å². The normalized spacial score (nSPS) is 13.0. The number of alkyl halides is 3. The van der Waals surface area contributed by atoms with Gasteiger partial charge in [-0.2, -0.15) is 13.2 Å². The van der Waals surface area contributed by atoms with E-state index in [1.165, 1.54) is 0 Å². The highest BCUT2D eigenvalue weighted by Gasteiger charge is 2.44. The second-order valence-corrected chi connectivity index (χ2v) is 13.6. The Morgan fingerprint density at radius 3 is 1.89 bits per heavy atom. The number of hydrogen-bond donors (Lipinski definition) is 0. The first-order valence-electron chi connectivity index (χ1n) is 18.4. The van der Waals surface area contributed by atoms with E-state index in [4.69, 9.17) is 15.0 Å². The highest BCUT2D eigenvalue weighted by Crippen LogP contribution is 2.40. The van der Waals surface area contributed by atoms with E-state index >= 15 is 0 Å². The molecule has 0 saturated heterocycles. The van der Waals surface area contributed by atoms with Crippen molar-refractivity contribution in [2.45, 2.75) is 44.6 Å². The molecule has 3 heterocycles. The van der Waals surface area contributed by atoms with E-state index in [2.05, 4.69) is 46.5 Å². The van der Waals surface area contributed by atoms with Crippen molar-refractivity contribution in [2.75, 3.05) is 6.54 Å². The van der Waals surface area contributed by atoms with Crippen molar-refractivity contribution >= 4 is 5.91 Å². The Balaban J connectivity index is 1.09. The van der Waals surface area contributed by atoms with Crippen molar-refractivity contribution in [3.05, 3.63) is 185 Å². The average Bonchev–Trinajstić information content (AvgIpc) is 3.74. The quantitative estimate of drug-likeness (QED) is 0.130. The van der Waals surface area contributed by atoms with E-state index in [0.29, 0.717) is 29.3 Å². The highest BCUT2D eigenvalue weighted by molar-refractivity contribution is 5.82. The zero-order chi connectivity index (χ0) is 38.7. The number of pyridine rings is 1. The van der Waals surface area contributed by atoms with Crippen LogP contribution < -0.4 is 4.74 Å². The number of ether oxygens (including phenoxy) is 1. The Bertz CT molecular complexity index is 2360. The van der Waals surface area contributed by atoms with Crippen LogP contribution in [0.4, 0.5) is 13.2 Å². The molecule has 0 bridgehead atoms. The Labute approximate surface area is 322 Å². The van der Waals surface area contributed by atoms with E-state index in [0.717, 1.165) is 49.5 Å². The number of carbonyl (C=O) groups excluding carboxylic acids is 1. The second kappa shape index (κ2) is 15.3. The lowest BCUT2D eigenvalue weighted by Crippen LogP contribution is -2.44. The molecule has 1 aliphatic heterocycles. The first kappa shape index (κ1) is 36.4. The molecule has 0 unspecified atom stereocenters. The summed E-state index contributed by atoms with van der Waals surface area (Å²) in [6.45, 7) is 1.87. The van der Waals surface area contributed by atoms with E-state index < -0.39 is 17.6 Å². The number of tetrazole rings is 1. The van der Waals surface area contributed by atoms with Gasteiger partial charge in [-0.3, -0.25) is 9.78 Å². The summed E-state index contributed by atoms with van der Waals surface area (Å²) < 4.78 is 46.0. The van der Waals surface area contributed by atoms with E-state index in [9.17, 15) is 18.0 Å². The monoisotopic (exact) mass is 750 g/mol. The number of rotatable bonds is 10. The summed E-state index contributed by atoms with van der Waals surface area (Å²) in [5.74, 6) is -0.953. The fraction of sp³-hybridized carbons (Fsp3) is 0.178. The molecule has 5 aromatic carbocycles. The topological polar surface area (TPSA) is 86.0 Å². The average molecular weight is 751 g/mol. The summed E-state index contributed by atoms with van der Waals surface area (Å²) in [4.78, 5) is 19.2. The Morgan fingerprint density at radius 2 is 1.32 bits per heavy atom. The van der Waals surface area contributed by atoms with Crippen molar-refractivity contribution in [3.8, 4) is 28.3 Å². The molecular formula is C45H37F3N6O2. The fourth-order valence-electron chi connectivity index (χ4n) is 7.42. The zero-order valence-corrected chi connectivity index (χ0v) is 30.5. The fourth-order valence-corrected chi connectivity index (χ4v) is 7.42. The molecule has 56 heavy (non-hydrogen) atoms. The molecule has 0 radical (unpaired) electrons. The summed E-state index contributed by atoms with van der Waals surface area (Å²) in [6, 6.07) is 48.1. The summed E-state index contributed by atoms with van der Waals surface area (Å²) >= 11 is 0. The largest absolute Gasteiger partial charge is 0.488 e. The minimum Gasteiger partial charge on any atom is -0.488 e. The molecule has 280 valence electrons. The standard InChI is InChI=1S/C45H37F3N6O2/c1-2-36-28-41(39-29-53(27-26-40(39)49-36)43(55)45(46,47)48)56-30-31-22-24-32(25-23-31)37-20-12-13-21-38(37)42-50-52-54(51-42)44(33-14-6-3-7-15-33,34-16-8-4-9-17-34)35-18-10-5-11-19-35/h3-25,28H,2,26-27,29-30H2,1H3. The summed E-state index contributed by atoms with van der Waals surface area (Å²) in [5.41, 5.74) is 7.49.